The van der Waals surface area contributed by atoms with E-state index in [4.69, 9.17) is 0 Å². The Kier molecular flexibility index (Phi) is 4.25. The van der Waals surface area contributed by atoms with Crippen molar-refractivity contribution in [2.24, 2.45) is 5.92 Å². The average Bonchev–Trinajstić information content (AvgIpc) is 2.99. The van der Waals surface area contributed by atoms with Gasteiger partial charge in [0.2, 0.25) is 11.9 Å². The maximum absolute atomic E-state index is 12.6. The molecule has 2 heterocycles. The molecule has 0 radical (unpaired) electrons. The molecule has 3 aromatic rings. The molecule has 1 aromatic carbocycles. The molecule has 1 N–H and O–H groups in total. The van der Waals surface area contributed by atoms with Crippen molar-refractivity contribution in [3.8, 4) is 16.9 Å². The number of benzene rings is 1. The molecule has 144 valence electrons. The van der Waals surface area contributed by atoms with E-state index in [1.807, 2.05) is 0 Å². The number of para-hydroxylation sites is 1. The van der Waals surface area contributed by atoms with Crippen LogP contribution in [0.2, 0.25) is 0 Å². The molecule has 28 heavy (non-hydrogen) atoms. The number of ether oxygens (including phenoxy) is 1. The highest BCUT2D eigenvalue weighted by atomic mass is 19.4. The van der Waals surface area contributed by atoms with E-state index in [9.17, 15) is 22.8 Å². The molecule has 0 bridgehead atoms. The van der Waals surface area contributed by atoms with Crippen LogP contribution in [0.4, 0.5) is 19.1 Å². The number of Topliss-reactive ketones (excluding diaryl/α,β-unsaturated/α-hetero) is 1. The number of aromatic nitrogens is 3. The zero-order chi connectivity index (χ0) is 19.9. The van der Waals surface area contributed by atoms with Gasteiger partial charge in [-0.25, -0.2) is 4.52 Å². The molecule has 4 rings (SSSR count). The molecule has 1 saturated carbocycles. The Labute approximate surface area is 156 Å². The van der Waals surface area contributed by atoms with Crippen LogP contribution >= 0.6 is 0 Å². The molecule has 0 atom stereocenters. The Morgan fingerprint density at radius 2 is 1.93 bits per heavy atom. The highest BCUT2D eigenvalue weighted by molar-refractivity contribution is 6.01. The van der Waals surface area contributed by atoms with Crippen molar-refractivity contribution in [2.45, 2.75) is 19.2 Å². The first-order valence-corrected chi connectivity index (χ1v) is 8.33. The molecule has 1 fully saturated rings. The Morgan fingerprint density at radius 1 is 1.18 bits per heavy atom. The fourth-order valence-electron chi connectivity index (χ4n) is 2.90. The van der Waals surface area contributed by atoms with Crippen LogP contribution in [0.15, 0.2) is 42.6 Å². The fraction of sp³-hybridized carbons (Fsp3) is 0.222. The van der Waals surface area contributed by atoms with Crippen LogP contribution in [-0.2, 0) is 9.59 Å². The highest BCUT2D eigenvalue weighted by Gasteiger charge is 2.33. The quantitative estimate of drug-likeness (QED) is 0.739. The summed E-state index contributed by atoms with van der Waals surface area (Å²) < 4.78 is 43.3. The molecule has 0 aliphatic heterocycles. The van der Waals surface area contributed by atoms with Gasteiger partial charge in [-0.3, -0.25) is 14.9 Å². The predicted molar refractivity (Wildman–Crippen MR) is 91.5 cm³/mol. The van der Waals surface area contributed by atoms with Crippen LogP contribution in [0.3, 0.4) is 0 Å². The molecule has 1 amide bonds. The topological polar surface area (TPSA) is 85.6 Å². The minimum Gasteiger partial charge on any atom is -0.405 e. The van der Waals surface area contributed by atoms with Crippen LogP contribution in [0.5, 0.6) is 5.75 Å². The number of hydrogen-bond acceptors (Lipinski definition) is 5. The van der Waals surface area contributed by atoms with E-state index in [1.54, 1.807) is 18.2 Å². The van der Waals surface area contributed by atoms with Crippen molar-refractivity contribution in [2.75, 3.05) is 5.32 Å². The van der Waals surface area contributed by atoms with E-state index in [0.29, 0.717) is 11.2 Å². The summed E-state index contributed by atoms with van der Waals surface area (Å²) in [7, 11) is 0. The predicted octanol–water partition coefficient (Wildman–Crippen LogP) is 3.21. The number of halogens is 3. The number of alkyl halides is 3. The van der Waals surface area contributed by atoms with Crippen LogP contribution < -0.4 is 10.1 Å². The van der Waals surface area contributed by atoms with Gasteiger partial charge in [-0.1, -0.05) is 18.2 Å². The highest BCUT2D eigenvalue weighted by Crippen LogP contribution is 2.33. The number of ketones is 1. The van der Waals surface area contributed by atoms with Gasteiger partial charge in [0.15, 0.2) is 5.65 Å². The molecule has 7 nitrogen and oxygen atoms in total. The third-order valence-corrected chi connectivity index (χ3v) is 4.31. The molecule has 0 spiro atoms. The number of hydrogen-bond donors (Lipinski definition) is 1. The smallest absolute Gasteiger partial charge is 0.405 e. The van der Waals surface area contributed by atoms with Gasteiger partial charge in [-0.2, -0.15) is 4.98 Å². The standard InChI is InChI=1S/C18H13F3N4O3/c19-18(20,21)28-14-4-2-1-3-13(14)10-5-6-15-22-17(24-25(15)9-10)23-16(27)11-7-12(26)8-11/h1-6,9,11H,7-8H2,(H,23,24,27). The Morgan fingerprint density at radius 3 is 2.64 bits per heavy atom. The number of nitrogens with one attached hydrogen (secondary N) is 1. The number of carbonyl (C=O) groups is 2. The van der Waals surface area contributed by atoms with Gasteiger partial charge in [0.05, 0.1) is 5.92 Å². The lowest BCUT2D eigenvalue weighted by molar-refractivity contribution is -0.274. The second-order valence-electron chi connectivity index (χ2n) is 6.33. The lowest BCUT2D eigenvalue weighted by atomic mass is 9.83. The van der Waals surface area contributed by atoms with E-state index in [2.05, 4.69) is 20.1 Å². The zero-order valence-electron chi connectivity index (χ0n) is 14.2. The van der Waals surface area contributed by atoms with Gasteiger partial charge in [0, 0.05) is 30.2 Å². The van der Waals surface area contributed by atoms with Gasteiger partial charge in [-0.15, -0.1) is 18.3 Å². The van der Waals surface area contributed by atoms with Gasteiger partial charge >= 0.3 is 6.36 Å². The number of fused-ring (bicyclic) bond motifs is 1. The summed E-state index contributed by atoms with van der Waals surface area (Å²) in [5.74, 6) is -0.952. The molecular formula is C18H13F3N4O3. The maximum Gasteiger partial charge on any atom is 0.573 e. The van der Waals surface area contributed by atoms with Crippen molar-refractivity contribution < 1.29 is 27.5 Å². The van der Waals surface area contributed by atoms with Crippen LogP contribution in [0, 0.1) is 5.92 Å². The third kappa shape index (κ3) is 3.66. The molecule has 0 unspecified atom stereocenters. The van der Waals surface area contributed by atoms with E-state index in [-0.39, 0.29) is 47.7 Å². The second kappa shape index (κ2) is 6.63. The summed E-state index contributed by atoms with van der Waals surface area (Å²) in [5.41, 5.74) is 1.06. The summed E-state index contributed by atoms with van der Waals surface area (Å²) in [4.78, 5) is 27.2. The van der Waals surface area contributed by atoms with Crippen molar-refractivity contribution >= 4 is 23.3 Å². The SMILES string of the molecule is O=C1CC(C(=O)Nc2nc3ccc(-c4ccccc4OC(F)(F)F)cn3n2)C1. The normalized spacial score (nSPS) is 14.8. The van der Waals surface area contributed by atoms with E-state index in [1.165, 1.54) is 28.9 Å². The van der Waals surface area contributed by atoms with Crippen LogP contribution in [0.25, 0.3) is 16.8 Å². The Balaban J connectivity index is 1.60. The summed E-state index contributed by atoms with van der Waals surface area (Å²) in [6, 6.07) is 8.90. The first kappa shape index (κ1) is 18.0. The van der Waals surface area contributed by atoms with Gasteiger partial charge in [-0.05, 0) is 18.2 Å². The zero-order valence-corrected chi connectivity index (χ0v) is 14.2. The van der Waals surface area contributed by atoms with Crippen LogP contribution in [-0.4, -0.2) is 32.7 Å². The molecular weight excluding hydrogens is 377 g/mol. The third-order valence-electron chi connectivity index (χ3n) is 4.31. The van der Waals surface area contributed by atoms with Crippen molar-refractivity contribution in [1.82, 2.24) is 14.6 Å². The summed E-state index contributed by atoms with van der Waals surface area (Å²) in [5, 5.41) is 6.68. The molecule has 10 heteroatoms. The van der Waals surface area contributed by atoms with Crippen molar-refractivity contribution in [3.05, 3.63) is 42.6 Å². The Hall–Kier alpha value is -3.43. The summed E-state index contributed by atoms with van der Waals surface area (Å²) >= 11 is 0. The number of anilines is 1. The van der Waals surface area contributed by atoms with Gasteiger partial charge in [0.25, 0.3) is 0 Å². The lowest BCUT2D eigenvalue weighted by Crippen LogP contribution is -2.34. The first-order chi connectivity index (χ1) is 13.3. The first-order valence-electron chi connectivity index (χ1n) is 8.33. The van der Waals surface area contributed by atoms with E-state index < -0.39 is 6.36 Å². The average molecular weight is 390 g/mol. The fourth-order valence-corrected chi connectivity index (χ4v) is 2.90. The number of rotatable bonds is 4. The van der Waals surface area contributed by atoms with Gasteiger partial charge in [0.1, 0.15) is 11.5 Å². The molecule has 1 aliphatic carbocycles. The molecule has 0 saturated heterocycles. The van der Waals surface area contributed by atoms with Gasteiger partial charge < -0.3 is 4.74 Å². The maximum atomic E-state index is 12.6. The van der Waals surface area contributed by atoms with Crippen molar-refractivity contribution in [3.63, 3.8) is 0 Å². The number of carbonyl (C=O) groups excluding carboxylic acids is 2. The molecule has 2 aromatic heterocycles. The monoisotopic (exact) mass is 390 g/mol. The summed E-state index contributed by atoms with van der Waals surface area (Å²) in [6.45, 7) is 0. The van der Waals surface area contributed by atoms with Crippen LogP contribution in [0.1, 0.15) is 12.8 Å². The van der Waals surface area contributed by atoms with E-state index in [0.717, 1.165) is 0 Å². The number of pyridine rings is 1. The lowest BCUT2D eigenvalue weighted by Gasteiger charge is -2.21. The largest absolute Gasteiger partial charge is 0.573 e. The number of amides is 1. The minimum atomic E-state index is -4.81. The number of nitrogens with zero attached hydrogens (tertiary/aromatic N) is 3. The van der Waals surface area contributed by atoms with E-state index >= 15 is 0 Å². The minimum absolute atomic E-state index is 0.0347. The second-order valence-corrected chi connectivity index (χ2v) is 6.33. The Bertz CT molecular complexity index is 1070. The molecule has 1 aliphatic rings. The summed E-state index contributed by atoms with van der Waals surface area (Å²) in [6.07, 6.45) is -2.91. The van der Waals surface area contributed by atoms with Crippen molar-refractivity contribution in [1.29, 1.82) is 0 Å².